The molecule has 1 N–H and O–H groups in total. The maximum absolute atomic E-state index is 12.1. The molecule has 1 aromatic rings. The number of benzene rings is 1. The molecule has 0 aromatic heterocycles. The zero-order chi connectivity index (χ0) is 17.0. The van der Waals surface area contributed by atoms with Crippen LogP contribution in [0, 0.1) is 0 Å². The largest absolute Gasteiger partial charge is 0.310 e. The van der Waals surface area contributed by atoms with Crippen molar-refractivity contribution in [3.05, 3.63) is 29.8 Å². The van der Waals surface area contributed by atoms with Gasteiger partial charge in [0, 0.05) is 26.2 Å². The van der Waals surface area contributed by atoms with Crippen molar-refractivity contribution >= 4 is 10.0 Å². The van der Waals surface area contributed by atoms with Gasteiger partial charge in [0.15, 0.2) is 0 Å². The molecule has 0 saturated carbocycles. The highest BCUT2D eigenvalue weighted by Crippen LogP contribution is 2.20. The van der Waals surface area contributed by atoms with E-state index in [1.807, 2.05) is 12.1 Å². The summed E-state index contributed by atoms with van der Waals surface area (Å²) < 4.78 is 25.4. The average molecular weight is 340 g/mol. The van der Waals surface area contributed by atoms with Gasteiger partial charge in [-0.25, -0.2) is 12.7 Å². The van der Waals surface area contributed by atoms with E-state index in [0.717, 1.165) is 18.5 Å². The summed E-state index contributed by atoms with van der Waals surface area (Å²) in [5.74, 6) is 0. The predicted octanol–water partition coefficient (Wildman–Crippen LogP) is 2.07. The van der Waals surface area contributed by atoms with E-state index in [1.165, 1.54) is 23.7 Å². The minimum Gasteiger partial charge on any atom is -0.310 e. The van der Waals surface area contributed by atoms with Crippen molar-refractivity contribution in [2.45, 2.75) is 43.2 Å². The van der Waals surface area contributed by atoms with Crippen molar-refractivity contribution in [2.24, 2.45) is 0 Å². The highest BCUT2D eigenvalue weighted by Gasteiger charge is 2.20. The second-order valence-electron chi connectivity index (χ2n) is 6.60. The van der Waals surface area contributed by atoms with Crippen LogP contribution in [-0.2, 0) is 10.0 Å². The molecule has 1 aliphatic rings. The Bertz CT molecular complexity index is 599. The van der Waals surface area contributed by atoms with Crippen LogP contribution in [0.4, 0.5) is 0 Å². The Morgan fingerprint density at radius 3 is 2.48 bits per heavy atom. The Labute approximate surface area is 140 Å². The summed E-state index contributed by atoms with van der Waals surface area (Å²) in [7, 11) is 1.95. The van der Waals surface area contributed by atoms with Gasteiger partial charge in [-0.3, -0.25) is 0 Å². The topological polar surface area (TPSA) is 52.7 Å². The van der Waals surface area contributed by atoms with Crippen LogP contribution >= 0.6 is 0 Å². The van der Waals surface area contributed by atoms with Gasteiger partial charge in [0.05, 0.1) is 4.90 Å². The molecule has 6 heteroatoms. The SMILES string of the molecule is C[C@@H](NCC[C@@H]1CCCN1C)c1ccc(S(=O)(=O)N(C)C)cc1. The van der Waals surface area contributed by atoms with Crippen molar-refractivity contribution in [3.63, 3.8) is 0 Å². The van der Waals surface area contributed by atoms with E-state index < -0.39 is 10.0 Å². The summed E-state index contributed by atoms with van der Waals surface area (Å²) in [6.07, 6.45) is 3.76. The number of rotatable bonds is 7. The second-order valence-corrected chi connectivity index (χ2v) is 8.75. The van der Waals surface area contributed by atoms with Gasteiger partial charge in [0.2, 0.25) is 10.0 Å². The first kappa shape index (κ1) is 18.4. The van der Waals surface area contributed by atoms with Crippen LogP contribution in [-0.4, -0.2) is 57.9 Å². The Kier molecular flexibility index (Phi) is 6.19. The first-order chi connectivity index (χ1) is 10.8. The molecule has 0 bridgehead atoms. The summed E-state index contributed by atoms with van der Waals surface area (Å²) in [4.78, 5) is 2.78. The summed E-state index contributed by atoms with van der Waals surface area (Å²) in [6, 6.07) is 8.09. The highest BCUT2D eigenvalue weighted by molar-refractivity contribution is 7.89. The second kappa shape index (κ2) is 7.75. The molecule has 130 valence electrons. The summed E-state index contributed by atoms with van der Waals surface area (Å²) >= 11 is 0. The number of sulfonamides is 1. The van der Waals surface area contributed by atoms with E-state index in [0.29, 0.717) is 10.9 Å². The lowest BCUT2D eigenvalue weighted by molar-refractivity contribution is 0.291. The van der Waals surface area contributed by atoms with Crippen LogP contribution in [0.15, 0.2) is 29.2 Å². The predicted molar refractivity (Wildman–Crippen MR) is 94.0 cm³/mol. The number of nitrogens with one attached hydrogen (secondary N) is 1. The van der Waals surface area contributed by atoms with Gasteiger partial charge >= 0.3 is 0 Å². The van der Waals surface area contributed by atoms with Crippen molar-refractivity contribution in [3.8, 4) is 0 Å². The molecule has 1 saturated heterocycles. The third-order valence-corrected chi connectivity index (χ3v) is 6.59. The fraction of sp³-hybridized carbons (Fsp3) is 0.647. The molecule has 0 unspecified atom stereocenters. The normalized spacial score (nSPS) is 21.0. The van der Waals surface area contributed by atoms with Crippen molar-refractivity contribution < 1.29 is 8.42 Å². The van der Waals surface area contributed by atoms with E-state index in [4.69, 9.17) is 0 Å². The van der Waals surface area contributed by atoms with Gasteiger partial charge in [-0.2, -0.15) is 0 Å². The molecule has 0 amide bonds. The average Bonchev–Trinajstić information content (AvgIpc) is 2.92. The molecule has 1 heterocycles. The summed E-state index contributed by atoms with van der Waals surface area (Å²) in [6.45, 7) is 4.31. The van der Waals surface area contributed by atoms with E-state index in [2.05, 4.69) is 24.2 Å². The smallest absolute Gasteiger partial charge is 0.242 e. The maximum Gasteiger partial charge on any atom is 0.242 e. The molecule has 0 radical (unpaired) electrons. The number of hydrogen-bond donors (Lipinski definition) is 1. The first-order valence-electron chi connectivity index (χ1n) is 8.28. The fourth-order valence-corrected chi connectivity index (χ4v) is 3.97. The van der Waals surface area contributed by atoms with Gasteiger partial charge in [-0.1, -0.05) is 12.1 Å². The van der Waals surface area contributed by atoms with Crippen LogP contribution in [0.1, 0.15) is 37.8 Å². The van der Waals surface area contributed by atoms with Crippen molar-refractivity contribution in [1.29, 1.82) is 0 Å². The number of hydrogen-bond acceptors (Lipinski definition) is 4. The lowest BCUT2D eigenvalue weighted by atomic mass is 10.1. The molecule has 23 heavy (non-hydrogen) atoms. The lowest BCUT2D eigenvalue weighted by Gasteiger charge is -2.21. The molecule has 2 rings (SSSR count). The first-order valence-corrected chi connectivity index (χ1v) is 9.72. The third-order valence-electron chi connectivity index (χ3n) is 4.76. The molecule has 1 aliphatic heterocycles. The highest BCUT2D eigenvalue weighted by atomic mass is 32.2. The van der Waals surface area contributed by atoms with E-state index >= 15 is 0 Å². The van der Waals surface area contributed by atoms with E-state index in [9.17, 15) is 8.42 Å². The zero-order valence-corrected chi connectivity index (χ0v) is 15.4. The Morgan fingerprint density at radius 1 is 1.30 bits per heavy atom. The van der Waals surface area contributed by atoms with Crippen LogP contribution in [0.3, 0.4) is 0 Å². The number of nitrogens with zero attached hydrogens (tertiary/aromatic N) is 2. The van der Waals surface area contributed by atoms with Gasteiger partial charge in [0.1, 0.15) is 0 Å². The Hall–Kier alpha value is -0.950. The summed E-state index contributed by atoms with van der Waals surface area (Å²) in [5, 5.41) is 3.54. The molecular weight excluding hydrogens is 310 g/mol. The standard InChI is InChI=1S/C17H29N3O2S/c1-14(18-12-11-16-6-5-13-20(16)4)15-7-9-17(10-8-15)23(21,22)19(2)3/h7-10,14,16,18H,5-6,11-13H2,1-4H3/t14-,16+/m1/s1. The monoisotopic (exact) mass is 339 g/mol. The lowest BCUT2D eigenvalue weighted by Crippen LogP contribution is -2.30. The molecule has 1 aromatic carbocycles. The fourth-order valence-electron chi connectivity index (χ4n) is 3.07. The van der Waals surface area contributed by atoms with Crippen molar-refractivity contribution in [2.75, 3.05) is 34.2 Å². The van der Waals surface area contributed by atoms with Crippen LogP contribution in [0.25, 0.3) is 0 Å². The minimum absolute atomic E-state index is 0.220. The minimum atomic E-state index is -3.35. The molecule has 2 atom stereocenters. The Morgan fingerprint density at radius 2 is 1.96 bits per heavy atom. The van der Waals surface area contributed by atoms with Gasteiger partial charge < -0.3 is 10.2 Å². The van der Waals surface area contributed by atoms with Gasteiger partial charge in [-0.15, -0.1) is 0 Å². The maximum atomic E-state index is 12.1. The van der Waals surface area contributed by atoms with E-state index in [-0.39, 0.29) is 6.04 Å². The van der Waals surface area contributed by atoms with Gasteiger partial charge in [0.25, 0.3) is 0 Å². The third kappa shape index (κ3) is 4.53. The molecule has 5 nitrogen and oxygen atoms in total. The molecule has 1 fully saturated rings. The zero-order valence-electron chi connectivity index (χ0n) is 14.6. The molecular formula is C17H29N3O2S. The van der Waals surface area contributed by atoms with Crippen LogP contribution < -0.4 is 5.32 Å². The number of likely N-dealkylation sites (tertiary alicyclic amines) is 1. The molecule has 0 spiro atoms. The molecule has 0 aliphatic carbocycles. The van der Waals surface area contributed by atoms with Crippen LogP contribution in [0.2, 0.25) is 0 Å². The van der Waals surface area contributed by atoms with E-state index in [1.54, 1.807) is 26.2 Å². The summed E-state index contributed by atoms with van der Waals surface area (Å²) in [5.41, 5.74) is 1.11. The van der Waals surface area contributed by atoms with Crippen LogP contribution in [0.5, 0.6) is 0 Å². The quantitative estimate of drug-likeness (QED) is 0.826. The van der Waals surface area contributed by atoms with Gasteiger partial charge in [-0.05, 0) is 64.0 Å². The Balaban J connectivity index is 1.89. The van der Waals surface area contributed by atoms with Crippen molar-refractivity contribution in [1.82, 2.24) is 14.5 Å².